The molecule has 2 rings (SSSR count). The molecule has 2 N–H and O–H groups in total. The van der Waals surface area contributed by atoms with Crippen molar-refractivity contribution < 1.29 is 23.6 Å². The Bertz CT molecular complexity index is 558. The van der Waals surface area contributed by atoms with Crippen LogP contribution in [0.1, 0.15) is 18.4 Å². The van der Waals surface area contributed by atoms with Gasteiger partial charge in [0, 0.05) is 5.56 Å². The predicted molar refractivity (Wildman–Crippen MR) is 71.4 cm³/mol. The van der Waals surface area contributed by atoms with E-state index in [1.165, 1.54) is 0 Å². The molecule has 0 saturated heterocycles. The number of phosphoric ester groups is 1. The monoisotopic (exact) mass is 282 g/mol. The highest BCUT2D eigenvalue weighted by molar-refractivity contribution is 7.46. The van der Waals surface area contributed by atoms with E-state index in [2.05, 4.69) is 11.1 Å². The van der Waals surface area contributed by atoms with Crippen molar-refractivity contribution in [2.75, 3.05) is 6.61 Å². The van der Waals surface area contributed by atoms with Gasteiger partial charge < -0.3 is 14.5 Å². The highest BCUT2D eigenvalue weighted by Gasteiger charge is 2.16. The molecule has 0 aliphatic carbocycles. The molecule has 0 bridgehead atoms. The zero-order valence-corrected chi connectivity index (χ0v) is 11.2. The smallest absolute Gasteiger partial charge is 0.457 e. The number of fused-ring (bicyclic) bond motifs is 1. The topological polar surface area (TPSA) is 76.0 Å². The lowest BCUT2D eigenvalue weighted by molar-refractivity contribution is 0.195. The zero-order chi connectivity index (χ0) is 13.9. The van der Waals surface area contributed by atoms with Crippen LogP contribution < -0.4 is 4.74 Å². The number of benzene rings is 1. The maximum absolute atomic E-state index is 10.6. The lowest BCUT2D eigenvalue weighted by atomic mass is 9.98. The lowest BCUT2D eigenvalue weighted by Crippen LogP contribution is -2.03. The first-order chi connectivity index (χ1) is 8.96. The quantitative estimate of drug-likeness (QED) is 0.641. The van der Waals surface area contributed by atoms with Crippen molar-refractivity contribution >= 4 is 13.4 Å². The van der Waals surface area contributed by atoms with Gasteiger partial charge in [-0.1, -0.05) is 24.8 Å². The summed E-state index contributed by atoms with van der Waals surface area (Å²) in [5.41, 5.74) is 2.01. The number of allylic oxidation sites excluding steroid dienone is 2. The van der Waals surface area contributed by atoms with Crippen molar-refractivity contribution in [2.45, 2.75) is 12.8 Å². The molecule has 1 aliphatic rings. The van der Waals surface area contributed by atoms with Gasteiger partial charge >= 0.3 is 7.82 Å². The first-order valence-corrected chi connectivity index (χ1v) is 7.35. The van der Waals surface area contributed by atoms with Gasteiger partial charge in [0.05, 0.1) is 6.61 Å². The van der Waals surface area contributed by atoms with Gasteiger partial charge in [0.2, 0.25) is 0 Å². The van der Waals surface area contributed by atoms with Crippen LogP contribution in [0.2, 0.25) is 0 Å². The summed E-state index contributed by atoms with van der Waals surface area (Å²) in [5.74, 6) is 1.31. The van der Waals surface area contributed by atoms with Crippen molar-refractivity contribution in [3.8, 4) is 5.75 Å². The number of ether oxygens (including phenoxy) is 1. The lowest BCUT2D eigenvalue weighted by Gasteiger charge is -2.19. The van der Waals surface area contributed by atoms with Gasteiger partial charge in [-0.3, -0.25) is 4.52 Å². The van der Waals surface area contributed by atoms with Gasteiger partial charge in [-0.2, -0.15) is 0 Å². The first kappa shape index (κ1) is 14.0. The molecular formula is C13H15O5P. The second-order valence-electron chi connectivity index (χ2n) is 4.16. The van der Waals surface area contributed by atoms with E-state index < -0.39 is 7.82 Å². The number of phosphoric acid groups is 1. The van der Waals surface area contributed by atoms with E-state index in [9.17, 15) is 4.57 Å². The van der Waals surface area contributed by atoms with Crippen LogP contribution in [0.4, 0.5) is 0 Å². The summed E-state index contributed by atoms with van der Waals surface area (Å²) < 4.78 is 20.5. The van der Waals surface area contributed by atoms with Crippen molar-refractivity contribution in [3.05, 3.63) is 48.2 Å². The number of hydrogen-bond donors (Lipinski definition) is 2. The molecule has 0 fully saturated rings. The fourth-order valence-corrected chi connectivity index (χ4v) is 2.28. The Morgan fingerprint density at radius 2 is 2.05 bits per heavy atom. The van der Waals surface area contributed by atoms with Gasteiger partial charge in [-0.05, 0) is 30.6 Å². The maximum atomic E-state index is 10.6. The van der Waals surface area contributed by atoms with Crippen molar-refractivity contribution in [1.82, 2.24) is 0 Å². The molecule has 102 valence electrons. The Morgan fingerprint density at radius 1 is 1.32 bits per heavy atom. The average Bonchev–Trinajstić information content (AvgIpc) is 2.33. The molecule has 0 radical (unpaired) electrons. The van der Waals surface area contributed by atoms with E-state index in [-0.39, 0.29) is 6.61 Å². The van der Waals surface area contributed by atoms with Crippen LogP contribution in [-0.2, 0) is 9.09 Å². The highest BCUT2D eigenvalue weighted by Crippen LogP contribution is 2.37. The van der Waals surface area contributed by atoms with Crippen LogP contribution in [0.15, 0.2) is 42.7 Å². The van der Waals surface area contributed by atoms with E-state index in [1.807, 2.05) is 30.3 Å². The average molecular weight is 282 g/mol. The van der Waals surface area contributed by atoms with Gasteiger partial charge in [0.25, 0.3) is 0 Å². The van der Waals surface area contributed by atoms with E-state index in [0.717, 1.165) is 16.9 Å². The minimum atomic E-state index is -4.38. The first-order valence-electron chi connectivity index (χ1n) is 5.82. The van der Waals surface area contributed by atoms with E-state index in [4.69, 9.17) is 14.5 Å². The molecule has 0 unspecified atom stereocenters. The van der Waals surface area contributed by atoms with E-state index >= 15 is 0 Å². The summed E-state index contributed by atoms with van der Waals surface area (Å²) in [4.78, 5) is 17.2. The Hall–Kier alpha value is -1.39. The molecule has 1 heterocycles. The molecule has 0 amide bonds. The van der Waals surface area contributed by atoms with Gasteiger partial charge in [-0.15, -0.1) is 0 Å². The van der Waals surface area contributed by atoms with Crippen LogP contribution in [-0.4, -0.2) is 16.4 Å². The van der Waals surface area contributed by atoms with Crippen LogP contribution >= 0.6 is 7.82 Å². The van der Waals surface area contributed by atoms with Crippen LogP contribution in [0.25, 0.3) is 5.57 Å². The molecule has 1 aromatic carbocycles. The summed E-state index contributed by atoms with van der Waals surface area (Å²) in [5, 5.41) is 0. The van der Waals surface area contributed by atoms with Crippen molar-refractivity contribution in [3.63, 3.8) is 0 Å². The summed E-state index contributed by atoms with van der Waals surface area (Å²) in [6, 6.07) is 7.60. The van der Waals surface area contributed by atoms with Crippen LogP contribution in [0, 0.1) is 0 Å². The van der Waals surface area contributed by atoms with Gasteiger partial charge in [0.15, 0.2) is 0 Å². The Morgan fingerprint density at radius 3 is 2.79 bits per heavy atom. The molecular weight excluding hydrogens is 267 g/mol. The number of hydrogen-bond acceptors (Lipinski definition) is 3. The fourth-order valence-electron chi connectivity index (χ4n) is 1.92. The third-order valence-corrected chi connectivity index (χ3v) is 3.18. The molecule has 0 saturated carbocycles. The summed E-state index contributed by atoms with van der Waals surface area (Å²) >= 11 is 0. The number of para-hydroxylation sites is 1. The molecule has 1 aromatic rings. The molecule has 0 aromatic heterocycles. The molecule has 6 heteroatoms. The predicted octanol–water partition coefficient (Wildman–Crippen LogP) is 2.87. The second kappa shape index (κ2) is 5.72. The van der Waals surface area contributed by atoms with Crippen molar-refractivity contribution in [2.24, 2.45) is 0 Å². The Labute approximate surface area is 111 Å². The molecule has 19 heavy (non-hydrogen) atoms. The van der Waals surface area contributed by atoms with Crippen molar-refractivity contribution in [1.29, 1.82) is 0 Å². The maximum Gasteiger partial charge on any atom is 0.469 e. The second-order valence-corrected chi connectivity index (χ2v) is 5.40. The number of rotatable bonds is 5. The Balaban J connectivity index is 2.00. The van der Waals surface area contributed by atoms with E-state index in [0.29, 0.717) is 18.6 Å². The fraction of sp³-hybridized carbons (Fsp3) is 0.231. The SMILES string of the molecule is C=C1C=C(CCCOP(=O)(O)O)c2ccccc2O1. The summed E-state index contributed by atoms with van der Waals surface area (Å²) in [6.07, 6.45) is 2.98. The van der Waals surface area contributed by atoms with Gasteiger partial charge in [-0.25, -0.2) is 4.57 Å². The van der Waals surface area contributed by atoms with Crippen LogP contribution in [0.3, 0.4) is 0 Å². The third-order valence-electron chi connectivity index (χ3n) is 2.66. The molecule has 5 nitrogen and oxygen atoms in total. The molecule has 0 spiro atoms. The van der Waals surface area contributed by atoms with E-state index in [1.54, 1.807) is 0 Å². The third kappa shape index (κ3) is 4.04. The molecule has 0 atom stereocenters. The minimum absolute atomic E-state index is 0.0110. The summed E-state index contributed by atoms with van der Waals surface area (Å²) in [6.45, 7) is 3.79. The largest absolute Gasteiger partial charge is 0.469 e. The normalized spacial score (nSPS) is 14.6. The highest BCUT2D eigenvalue weighted by atomic mass is 31.2. The van der Waals surface area contributed by atoms with Gasteiger partial charge in [0.1, 0.15) is 11.5 Å². The molecule has 1 aliphatic heterocycles. The summed E-state index contributed by atoms with van der Waals surface area (Å²) in [7, 11) is -4.38. The zero-order valence-electron chi connectivity index (χ0n) is 10.3. The van der Waals surface area contributed by atoms with Crippen LogP contribution in [0.5, 0.6) is 5.75 Å². The minimum Gasteiger partial charge on any atom is -0.457 e. The Kier molecular flexibility index (Phi) is 4.22. The standard InChI is InChI=1S/C13H15O5P/c1-10-9-11(5-4-8-17-19(14,15)16)12-6-2-3-7-13(12)18-10/h2-3,6-7,9H,1,4-5,8H2,(H2,14,15,16).